The second-order valence-electron chi connectivity index (χ2n) is 6.27. The van der Waals surface area contributed by atoms with E-state index in [2.05, 4.69) is 71.6 Å². The first-order valence-electron chi connectivity index (χ1n) is 8.91. The van der Waals surface area contributed by atoms with E-state index in [1.807, 2.05) is 6.20 Å². The lowest BCUT2D eigenvalue weighted by Crippen LogP contribution is -2.26. The predicted molar refractivity (Wildman–Crippen MR) is 110 cm³/mol. The van der Waals surface area contributed by atoms with Crippen LogP contribution in [0.4, 0.5) is 0 Å². The lowest BCUT2D eigenvalue weighted by molar-refractivity contribution is 0.0778. The Morgan fingerprint density at radius 3 is 2.73 bits per heavy atom. The summed E-state index contributed by atoms with van der Waals surface area (Å²) >= 11 is 1.76. The summed E-state index contributed by atoms with van der Waals surface area (Å²) in [6.45, 7) is 5.85. The Kier molecular flexibility index (Phi) is 6.34. The molecule has 1 aliphatic rings. The van der Waals surface area contributed by atoms with Gasteiger partial charge in [0.2, 0.25) is 0 Å². The maximum absolute atomic E-state index is 5.64. The number of nitrogens with one attached hydrogen (secondary N) is 1. The lowest BCUT2D eigenvalue weighted by Gasteiger charge is -2.17. The van der Waals surface area contributed by atoms with Gasteiger partial charge in [-0.25, -0.2) is 0 Å². The van der Waals surface area contributed by atoms with Crippen LogP contribution in [-0.4, -0.2) is 28.4 Å². The monoisotopic (exact) mass is 367 g/mol. The predicted octanol–water partition coefficient (Wildman–Crippen LogP) is 4.62. The summed E-state index contributed by atoms with van der Waals surface area (Å²) < 4.78 is 0. The molecule has 0 saturated heterocycles. The SMILES string of the molecule is C=CNC(CC1CC(c2ccc(-c3ccnc(CC)c3)cc2)=NO1)SC. The summed E-state index contributed by atoms with van der Waals surface area (Å²) in [4.78, 5) is 10.0. The Bertz CT molecular complexity index is 773. The fraction of sp³-hybridized carbons (Fsp3) is 0.333. The Balaban J connectivity index is 1.65. The number of aromatic nitrogens is 1. The third-order valence-corrected chi connectivity index (χ3v) is 5.43. The fourth-order valence-corrected chi connectivity index (χ4v) is 3.67. The van der Waals surface area contributed by atoms with Crippen molar-refractivity contribution in [1.82, 2.24) is 10.3 Å². The average Bonchev–Trinajstić information content (AvgIpc) is 3.16. The molecule has 136 valence electrons. The molecule has 0 saturated carbocycles. The van der Waals surface area contributed by atoms with Gasteiger partial charge in [0, 0.05) is 24.7 Å². The molecule has 0 aliphatic carbocycles. The molecule has 2 heterocycles. The zero-order chi connectivity index (χ0) is 18.4. The number of pyridine rings is 1. The molecule has 2 aromatic rings. The van der Waals surface area contributed by atoms with Gasteiger partial charge in [-0.15, -0.1) is 11.8 Å². The fourth-order valence-electron chi connectivity index (χ4n) is 3.03. The van der Waals surface area contributed by atoms with Gasteiger partial charge in [0.1, 0.15) is 6.10 Å². The minimum absolute atomic E-state index is 0.113. The first-order valence-corrected chi connectivity index (χ1v) is 10.2. The van der Waals surface area contributed by atoms with E-state index in [9.17, 15) is 0 Å². The van der Waals surface area contributed by atoms with Crippen LogP contribution in [0, 0.1) is 0 Å². The molecule has 1 aromatic carbocycles. The Morgan fingerprint density at radius 1 is 1.27 bits per heavy atom. The van der Waals surface area contributed by atoms with Gasteiger partial charge in [0.25, 0.3) is 0 Å². The third-order valence-electron chi connectivity index (χ3n) is 4.53. The van der Waals surface area contributed by atoms with Crippen molar-refractivity contribution >= 4 is 17.5 Å². The average molecular weight is 368 g/mol. The maximum Gasteiger partial charge on any atom is 0.136 e. The molecule has 1 N–H and O–H groups in total. The van der Waals surface area contributed by atoms with E-state index < -0.39 is 0 Å². The summed E-state index contributed by atoms with van der Waals surface area (Å²) in [6, 6.07) is 12.7. The van der Waals surface area contributed by atoms with Crippen molar-refractivity contribution in [3.05, 3.63) is 66.6 Å². The molecule has 1 aliphatic heterocycles. The molecular formula is C21H25N3OS. The third kappa shape index (κ3) is 4.47. The van der Waals surface area contributed by atoms with E-state index in [-0.39, 0.29) is 6.10 Å². The van der Waals surface area contributed by atoms with Crippen molar-refractivity contribution in [3.8, 4) is 11.1 Å². The van der Waals surface area contributed by atoms with Gasteiger partial charge in [-0.2, -0.15) is 0 Å². The highest BCUT2D eigenvalue weighted by atomic mass is 32.2. The van der Waals surface area contributed by atoms with E-state index >= 15 is 0 Å². The number of hydrogen-bond donors (Lipinski definition) is 1. The maximum atomic E-state index is 5.64. The van der Waals surface area contributed by atoms with E-state index in [0.29, 0.717) is 5.37 Å². The quantitative estimate of drug-likeness (QED) is 0.692. The number of nitrogens with zero attached hydrogens (tertiary/aromatic N) is 2. The van der Waals surface area contributed by atoms with Gasteiger partial charge in [0.15, 0.2) is 0 Å². The van der Waals surface area contributed by atoms with Gasteiger partial charge in [-0.1, -0.05) is 42.9 Å². The Hall–Kier alpha value is -2.27. The Morgan fingerprint density at radius 2 is 2.04 bits per heavy atom. The van der Waals surface area contributed by atoms with E-state index in [4.69, 9.17) is 4.84 Å². The minimum atomic E-state index is 0.113. The molecule has 2 atom stereocenters. The van der Waals surface area contributed by atoms with Crippen LogP contribution in [0.25, 0.3) is 11.1 Å². The Labute approximate surface area is 159 Å². The molecular weight excluding hydrogens is 342 g/mol. The van der Waals surface area contributed by atoms with Crippen LogP contribution < -0.4 is 5.32 Å². The van der Waals surface area contributed by atoms with Gasteiger partial charge >= 0.3 is 0 Å². The summed E-state index contributed by atoms with van der Waals surface area (Å²) in [5.41, 5.74) is 5.64. The van der Waals surface area contributed by atoms with Crippen molar-refractivity contribution in [3.63, 3.8) is 0 Å². The lowest BCUT2D eigenvalue weighted by atomic mass is 9.99. The van der Waals surface area contributed by atoms with E-state index in [1.165, 1.54) is 11.1 Å². The van der Waals surface area contributed by atoms with E-state index in [1.54, 1.807) is 18.0 Å². The molecule has 0 bridgehead atoms. The number of aryl methyl sites for hydroxylation is 1. The molecule has 3 rings (SSSR count). The highest BCUT2D eigenvalue weighted by molar-refractivity contribution is 7.99. The van der Waals surface area contributed by atoms with Gasteiger partial charge < -0.3 is 10.2 Å². The molecule has 1 aromatic heterocycles. The number of rotatable bonds is 8. The topological polar surface area (TPSA) is 46.5 Å². The van der Waals surface area contributed by atoms with Crippen LogP contribution in [0.5, 0.6) is 0 Å². The first kappa shape index (κ1) is 18.5. The smallest absolute Gasteiger partial charge is 0.136 e. The summed E-state index contributed by atoms with van der Waals surface area (Å²) in [5.74, 6) is 0. The van der Waals surface area contributed by atoms with Gasteiger partial charge in [-0.05, 0) is 47.7 Å². The van der Waals surface area contributed by atoms with Crippen molar-refractivity contribution in [2.45, 2.75) is 37.7 Å². The van der Waals surface area contributed by atoms with Crippen LogP contribution >= 0.6 is 11.8 Å². The molecule has 26 heavy (non-hydrogen) atoms. The summed E-state index contributed by atoms with van der Waals surface area (Å²) in [7, 11) is 0. The van der Waals surface area contributed by atoms with Crippen molar-refractivity contribution in [2.24, 2.45) is 5.16 Å². The molecule has 0 amide bonds. The zero-order valence-electron chi connectivity index (χ0n) is 15.3. The van der Waals surface area contributed by atoms with Gasteiger partial charge in [0.05, 0.1) is 11.1 Å². The second-order valence-corrected chi connectivity index (χ2v) is 7.31. The van der Waals surface area contributed by atoms with Crippen LogP contribution in [0.15, 0.2) is 60.5 Å². The summed E-state index contributed by atoms with van der Waals surface area (Å²) in [5, 5.41) is 7.85. The molecule has 4 nitrogen and oxygen atoms in total. The van der Waals surface area contributed by atoms with E-state index in [0.717, 1.165) is 36.2 Å². The number of thioether (sulfide) groups is 1. The molecule has 2 unspecified atom stereocenters. The normalized spacial score (nSPS) is 17.3. The zero-order valence-corrected chi connectivity index (χ0v) is 16.1. The number of hydrogen-bond acceptors (Lipinski definition) is 5. The largest absolute Gasteiger partial charge is 0.392 e. The molecule has 0 fully saturated rings. The van der Waals surface area contributed by atoms with Crippen LogP contribution in [0.2, 0.25) is 0 Å². The van der Waals surface area contributed by atoms with Gasteiger partial charge in [-0.3, -0.25) is 4.98 Å². The van der Waals surface area contributed by atoms with Crippen molar-refractivity contribution in [2.75, 3.05) is 6.26 Å². The highest BCUT2D eigenvalue weighted by Gasteiger charge is 2.25. The van der Waals surface area contributed by atoms with Crippen molar-refractivity contribution < 1.29 is 4.84 Å². The first-order chi connectivity index (χ1) is 12.7. The molecule has 0 radical (unpaired) electrons. The molecule has 0 spiro atoms. The summed E-state index contributed by atoms with van der Waals surface area (Å²) in [6.07, 6.45) is 8.49. The van der Waals surface area contributed by atoms with Crippen molar-refractivity contribution in [1.29, 1.82) is 0 Å². The number of benzene rings is 1. The highest BCUT2D eigenvalue weighted by Crippen LogP contribution is 2.25. The second kappa shape index (κ2) is 8.90. The standard InChI is InChI=1S/C21H25N3OS/c1-4-18-12-17(10-11-23-18)15-6-8-16(9-7-15)20-13-19(25-24-20)14-21(26-3)22-5-2/h5-12,19,21-22H,2,4,13-14H2,1,3H3. The van der Waals surface area contributed by atoms with Crippen LogP contribution in [0.3, 0.4) is 0 Å². The number of oxime groups is 1. The minimum Gasteiger partial charge on any atom is -0.392 e. The van der Waals surface area contributed by atoms with Crippen LogP contribution in [0.1, 0.15) is 31.0 Å². The van der Waals surface area contributed by atoms with Crippen LogP contribution in [-0.2, 0) is 11.3 Å². The molecule has 5 heteroatoms.